The van der Waals surface area contributed by atoms with E-state index in [1.165, 1.54) is 19.3 Å². The van der Waals surface area contributed by atoms with Crippen LogP contribution in [-0.4, -0.2) is 11.2 Å². The molecule has 2 aliphatic rings. The monoisotopic (exact) mass is 166 g/mol. The summed E-state index contributed by atoms with van der Waals surface area (Å²) in [5, 5.41) is 9.58. The van der Waals surface area contributed by atoms with Gasteiger partial charge in [-0.15, -0.1) is 0 Å². The first-order chi connectivity index (χ1) is 5.71. The summed E-state index contributed by atoms with van der Waals surface area (Å²) in [6, 6.07) is 0. The minimum absolute atomic E-state index is 0.0472. The predicted octanol–water partition coefficient (Wildman–Crippen LogP) is 2.50. The standard InChI is InChI=1S/C11H18O/c1-11-7-3-2-4-9(11)5-6-10(12)8-11/h3,7,9-10,12H,2,4-6,8H2,1H3. The summed E-state index contributed by atoms with van der Waals surface area (Å²) in [4.78, 5) is 0. The molecule has 1 nitrogen and oxygen atoms in total. The van der Waals surface area contributed by atoms with Crippen molar-refractivity contribution in [2.45, 2.75) is 45.1 Å². The maximum atomic E-state index is 9.58. The highest BCUT2D eigenvalue weighted by molar-refractivity contribution is 5.07. The third-order valence-corrected chi connectivity index (χ3v) is 3.64. The van der Waals surface area contributed by atoms with Crippen LogP contribution in [0.2, 0.25) is 0 Å². The van der Waals surface area contributed by atoms with Gasteiger partial charge in [-0.05, 0) is 43.4 Å². The lowest BCUT2D eigenvalue weighted by Gasteiger charge is -2.43. The largest absolute Gasteiger partial charge is 0.393 e. The van der Waals surface area contributed by atoms with Crippen LogP contribution in [-0.2, 0) is 0 Å². The second-order valence-corrected chi connectivity index (χ2v) is 4.62. The van der Waals surface area contributed by atoms with E-state index in [2.05, 4.69) is 19.1 Å². The molecule has 0 radical (unpaired) electrons. The Kier molecular flexibility index (Phi) is 1.99. The van der Waals surface area contributed by atoms with E-state index in [4.69, 9.17) is 0 Å². The van der Waals surface area contributed by atoms with Gasteiger partial charge >= 0.3 is 0 Å². The van der Waals surface area contributed by atoms with Crippen molar-refractivity contribution in [3.63, 3.8) is 0 Å². The van der Waals surface area contributed by atoms with E-state index >= 15 is 0 Å². The summed E-state index contributed by atoms with van der Waals surface area (Å²) in [5.41, 5.74) is 0.315. The minimum Gasteiger partial charge on any atom is -0.393 e. The zero-order chi connectivity index (χ0) is 8.60. The van der Waals surface area contributed by atoms with Gasteiger partial charge in [-0.25, -0.2) is 0 Å². The molecule has 0 aliphatic heterocycles. The number of fused-ring (bicyclic) bond motifs is 1. The fraction of sp³-hybridized carbons (Fsp3) is 0.818. The van der Waals surface area contributed by atoms with Crippen molar-refractivity contribution < 1.29 is 5.11 Å². The lowest BCUT2D eigenvalue weighted by Crippen LogP contribution is -2.36. The van der Waals surface area contributed by atoms with E-state index in [0.29, 0.717) is 5.41 Å². The number of hydrogen-bond donors (Lipinski definition) is 1. The second kappa shape index (κ2) is 2.88. The summed E-state index contributed by atoms with van der Waals surface area (Å²) >= 11 is 0. The summed E-state index contributed by atoms with van der Waals surface area (Å²) in [7, 11) is 0. The molecule has 0 amide bonds. The molecule has 0 aromatic heterocycles. The number of aliphatic hydroxyl groups is 1. The Morgan fingerprint density at radius 3 is 3.00 bits per heavy atom. The summed E-state index contributed by atoms with van der Waals surface area (Å²) < 4.78 is 0. The molecule has 0 saturated heterocycles. The van der Waals surface area contributed by atoms with Crippen LogP contribution in [0.1, 0.15) is 39.0 Å². The molecule has 3 unspecified atom stereocenters. The Balaban J connectivity index is 2.17. The molecular formula is C11H18O. The molecule has 2 rings (SSSR count). The fourth-order valence-corrected chi connectivity index (χ4v) is 2.83. The van der Waals surface area contributed by atoms with Crippen molar-refractivity contribution >= 4 is 0 Å². The molecule has 1 N–H and O–H groups in total. The van der Waals surface area contributed by atoms with Crippen LogP contribution >= 0.6 is 0 Å². The zero-order valence-electron chi connectivity index (χ0n) is 7.79. The van der Waals surface area contributed by atoms with Crippen LogP contribution < -0.4 is 0 Å². The fourth-order valence-electron chi connectivity index (χ4n) is 2.83. The van der Waals surface area contributed by atoms with Gasteiger partial charge in [0.05, 0.1) is 6.10 Å². The first-order valence-corrected chi connectivity index (χ1v) is 5.06. The predicted molar refractivity (Wildman–Crippen MR) is 49.8 cm³/mol. The molecule has 1 saturated carbocycles. The van der Waals surface area contributed by atoms with Crippen LogP contribution in [0.3, 0.4) is 0 Å². The van der Waals surface area contributed by atoms with E-state index in [9.17, 15) is 5.11 Å². The Morgan fingerprint density at radius 2 is 2.17 bits per heavy atom. The van der Waals surface area contributed by atoms with E-state index in [1.54, 1.807) is 0 Å². The first-order valence-electron chi connectivity index (χ1n) is 5.06. The quantitative estimate of drug-likeness (QED) is 0.548. The molecule has 12 heavy (non-hydrogen) atoms. The average Bonchev–Trinajstić information content (AvgIpc) is 2.02. The summed E-state index contributed by atoms with van der Waals surface area (Å²) in [5.74, 6) is 0.839. The third-order valence-electron chi connectivity index (χ3n) is 3.64. The number of allylic oxidation sites excluding steroid dienone is 2. The lowest BCUT2D eigenvalue weighted by molar-refractivity contribution is 0.0327. The van der Waals surface area contributed by atoms with Gasteiger partial charge in [-0.3, -0.25) is 0 Å². The van der Waals surface area contributed by atoms with Crippen LogP contribution in [0.5, 0.6) is 0 Å². The molecule has 1 heteroatoms. The molecule has 2 aliphatic carbocycles. The van der Waals surface area contributed by atoms with Crippen molar-refractivity contribution in [2.24, 2.45) is 11.3 Å². The molecular weight excluding hydrogens is 148 g/mol. The SMILES string of the molecule is CC12C=CCCC1CCC(O)C2. The average molecular weight is 166 g/mol. The van der Waals surface area contributed by atoms with Crippen LogP contribution in [0.25, 0.3) is 0 Å². The lowest BCUT2D eigenvalue weighted by atomic mass is 9.63. The van der Waals surface area contributed by atoms with Crippen molar-refractivity contribution in [1.82, 2.24) is 0 Å². The van der Waals surface area contributed by atoms with Crippen molar-refractivity contribution in [3.05, 3.63) is 12.2 Å². The maximum absolute atomic E-state index is 9.58. The van der Waals surface area contributed by atoms with E-state index < -0.39 is 0 Å². The number of rotatable bonds is 0. The normalized spacial score (nSPS) is 47.2. The summed E-state index contributed by atoms with van der Waals surface area (Å²) in [6.07, 6.45) is 10.4. The van der Waals surface area contributed by atoms with Gasteiger partial charge in [0.15, 0.2) is 0 Å². The first kappa shape index (κ1) is 8.31. The molecule has 0 heterocycles. The van der Waals surface area contributed by atoms with Crippen LogP contribution in [0.15, 0.2) is 12.2 Å². The van der Waals surface area contributed by atoms with Gasteiger partial charge in [-0.1, -0.05) is 19.1 Å². The van der Waals surface area contributed by atoms with E-state index in [0.717, 1.165) is 18.8 Å². The van der Waals surface area contributed by atoms with E-state index in [-0.39, 0.29) is 6.10 Å². The smallest absolute Gasteiger partial charge is 0.0548 e. The van der Waals surface area contributed by atoms with Crippen LogP contribution in [0.4, 0.5) is 0 Å². The second-order valence-electron chi connectivity index (χ2n) is 4.62. The Hall–Kier alpha value is -0.300. The van der Waals surface area contributed by atoms with Gasteiger partial charge in [-0.2, -0.15) is 0 Å². The maximum Gasteiger partial charge on any atom is 0.0548 e. The molecule has 68 valence electrons. The van der Waals surface area contributed by atoms with Crippen molar-refractivity contribution in [3.8, 4) is 0 Å². The van der Waals surface area contributed by atoms with Gasteiger partial charge in [0.1, 0.15) is 0 Å². The van der Waals surface area contributed by atoms with Gasteiger partial charge in [0.25, 0.3) is 0 Å². The van der Waals surface area contributed by atoms with Gasteiger partial charge in [0.2, 0.25) is 0 Å². The molecule has 1 fully saturated rings. The third kappa shape index (κ3) is 1.31. The molecule has 0 bridgehead atoms. The molecule has 0 spiro atoms. The number of hydrogen-bond acceptors (Lipinski definition) is 1. The van der Waals surface area contributed by atoms with Crippen molar-refractivity contribution in [2.75, 3.05) is 0 Å². The summed E-state index contributed by atoms with van der Waals surface area (Å²) in [6.45, 7) is 2.30. The minimum atomic E-state index is -0.0472. The molecule has 0 aromatic rings. The zero-order valence-corrected chi connectivity index (χ0v) is 7.79. The van der Waals surface area contributed by atoms with Gasteiger partial charge < -0.3 is 5.11 Å². The van der Waals surface area contributed by atoms with E-state index in [1.807, 2.05) is 0 Å². The Bertz CT molecular complexity index is 197. The van der Waals surface area contributed by atoms with Gasteiger partial charge in [0, 0.05) is 0 Å². The van der Waals surface area contributed by atoms with Crippen molar-refractivity contribution in [1.29, 1.82) is 0 Å². The number of aliphatic hydroxyl groups excluding tert-OH is 1. The topological polar surface area (TPSA) is 20.2 Å². The Morgan fingerprint density at radius 1 is 1.33 bits per heavy atom. The highest BCUT2D eigenvalue weighted by Gasteiger charge is 2.38. The van der Waals surface area contributed by atoms with Crippen LogP contribution in [0, 0.1) is 11.3 Å². The molecule has 0 aromatic carbocycles. The Labute approximate surface area is 74.5 Å². The highest BCUT2D eigenvalue weighted by Crippen LogP contribution is 2.46. The highest BCUT2D eigenvalue weighted by atomic mass is 16.3. The molecule has 3 atom stereocenters.